The smallest absolute Gasteiger partial charge is 0.219 e. The van der Waals surface area contributed by atoms with Crippen molar-refractivity contribution < 1.29 is 9.53 Å². The molecule has 1 saturated heterocycles. The Kier molecular flexibility index (Phi) is 3.75. The third kappa shape index (κ3) is 2.58. The van der Waals surface area contributed by atoms with Gasteiger partial charge in [0.15, 0.2) is 0 Å². The van der Waals surface area contributed by atoms with Crippen LogP contribution in [-0.2, 0) is 4.79 Å². The number of ether oxygens (including phenoxy) is 1. The quantitative estimate of drug-likeness (QED) is 0.798. The normalized spacial score (nSPS) is 15.7. The molecule has 4 nitrogen and oxygen atoms in total. The Morgan fingerprint density at radius 1 is 1.22 bits per heavy atom. The number of rotatable bonds is 2. The zero-order chi connectivity index (χ0) is 13.1. The maximum atomic E-state index is 11.3. The molecule has 0 aliphatic carbocycles. The lowest BCUT2D eigenvalue weighted by atomic mass is 10.1. The molecule has 0 radical (unpaired) electrons. The van der Waals surface area contributed by atoms with Crippen LogP contribution in [0.25, 0.3) is 0 Å². The summed E-state index contributed by atoms with van der Waals surface area (Å²) in [7, 11) is 1.69. The summed E-state index contributed by atoms with van der Waals surface area (Å²) in [5.74, 6) is 1.08. The van der Waals surface area contributed by atoms with Gasteiger partial charge in [-0.3, -0.25) is 4.79 Å². The zero-order valence-electron chi connectivity index (χ0n) is 11.3. The van der Waals surface area contributed by atoms with Crippen molar-refractivity contribution in [3.05, 3.63) is 23.8 Å². The first-order valence-electron chi connectivity index (χ1n) is 6.27. The van der Waals surface area contributed by atoms with Crippen molar-refractivity contribution in [2.45, 2.75) is 13.8 Å². The van der Waals surface area contributed by atoms with E-state index in [4.69, 9.17) is 4.74 Å². The van der Waals surface area contributed by atoms with Crippen LogP contribution < -0.4 is 9.64 Å². The number of methoxy groups -OCH3 is 1. The summed E-state index contributed by atoms with van der Waals surface area (Å²) in [6.45, 7) is 7.02. The van der Waals surface area contributed by atoms with Gasteiger partial charge in [0.05, 0.1) is 7.11 Å². The number of nitrogens with zero attached hydrogens (tertiary/aromatic N) is 2. The molecule has 0 aromatic heterocycles. The van der Waals surface area contributed by atoms with E-state index in [9.17, 15) is 4.79 Å². The lowest BCUT2D eigenvalue weighted by molar-refractivity contribution is -0.129. The van der Waals surface area contributed by atoms with E-state index in [-0.39, 0.29) is 5.91 Å². The third-order valence-corrected chi connectivity index (χ3v) is 3.48. The van der Waals surface area contributed by atoms with Crippen LogP contribution in [0.15, 0.2) is 18.2 Å². The van der Waals surface area contributed by atoms with E-state index in [1.807, 2.05) is 11.8 Å². The third-order valence-electron chi connectivity index (χ3n) is 3.48. The highest BCUT2D eigenvalue weighted by molar-refractivity contribution is 5.73. The van der Waals surface area contributed by atoms with Crippen molar-refractivity contribution in [1.82, 2.24) is 4.90 Å². The highest BCUT2D eigenvalue weighted by Crippen LogP contribution is 2.25. The first kappa shape index (κ1) is 12.7. The molecule has 18 heavy (non-hydrogen) atoms. The Labute approximate surface area is 108 Å². The summed E-state index contributed by atoms with van der Waals surface area (Å²) in [6.07, 6.45) is 0. The molecule has 1 heterocycles. The fraction of sp³-hybridized carbons (Fsp3) is 0.500. The Morgan fingerprint density at radius 2 is 1.89 bits per heavy atom. The van der Waals surface area contributed by atoms with E-state index in [1.165, 1.54) is 5.69 Å². The van der Waals surface area contributed by atoms with E-state index in [1.54, 1.807) is 14.0 Å². The van der Waals surface area contributed by atoms with Crippen LogP contribution >= 0.6 is 0 Å². The Hall–Kier alpha value is -1.71. The zero-order valence-corrected chi connectivity index (χ0v) is 11.3. The van der Waals surface area contributed by atoms with Crippen LogP contribution in [0.2, 0.25) is 0 Å². The molecule has 0 saturated carbocycles. The molecule has 1 aromatic carbocycles. The Balaban J connectivity index is 2.07. The maximum absolute atomic E-state index is 11.3. The predicted molar refractivity (Wildman–Crippen MR) is 72.2 cm³/mol. The van der Waals surface area contributed by atoms with Gasteiger partial charge in [0.1, 0.15) is 5.75 Å². The van der Waals surface area contributed by atoms with Gasteiger partial charge in [-0.25, -0.2) is 0 Å². The van der Waals surface area contributed by atoms with Crippen LogP contribution in [0.3, 0.4) is 0 Å². The molecule has 2 rings (SSSR count). The summed E-state index contributed by atoms with van der Waals surface area (Å²) >= 11 is 0. The Morgan fingerprint density at radius 3 is 2.44 bits per heavy atom. The monoisotopic (exact) mass is 248 g/mol. The topological polar surface area (TPSA) is 32.8 Å². The van der Waals surface area contributed by atoms with E-state index in [2.05, 4.69) is 23.1 Å². The highest BCUT2D eigenvalue weighted by atomic mass is 16.5. The van der Waals surface area contributed by atoms with Gasteiger partial charge in [-0.15, -0.1) is 0 Å². The molecule has 1 aliphatic rings. The van der Waals surface area contributed by atoms with Crippen LogP contribution in [0.1, 0.15) is 12.5 Å². The summed E-state index contributed by atoms with van der Waals surface area (Å²) < 4.78 is 5.34. The minimum Gasteiger partial charge on any atom is -0.496 e. The van der Waals surface area contributed by atoms with Crippen molar-refractivity contribution >= 4 is 11.6 Å². The fourth-order valence-corrected chi connectivity index (χ4v) is 2.28. The summed E-state index contributed by atoms with van der Waals surface area (Å²) in [6, 6.07) is 6.26. The fourth-order valence-electron chi connectivity index (χ4n) is 2.28. The molecule has 1 aromatic rings. The van der Waals surface area contributed by atoms with E-state index in [0.29, 0.717) is 0 Å². The van der Waals surface area contributed by atoms with E-state index in [0.717, 1.165) is 37.5 Å². The molecular formula is C14H20N2O2. The van der Waals surface area contributed by atoms with Gasteiger partial charge < -0.3 is 14.5 Å². The van der Waals surface area contributed by atoms with Gasteiger partial charge in [-0.05, 0) is 18.6 Å². The number of anilines is 1. The number of hydrogen-bond acceptors (Lipinski definition) is 3. The number of carbonyl (C=O) groups excluding carboxylic acids is 1. The van der Waals surface area contributed by atoms with Crippen molar-refractivity contribution in [2.24, 2.45) is 0 Å². The minimum atomic E-state index is 0.163. The molecule has 4 heteroatoms. The number of hydrogen-bond donors (Lipinski definition) is 0. The summed E-state index contributed by atoms with van der Waals surface area (Å²) in [4.78, 5) is 15.5. The lowest BCUT2D eigenvalue weighted by Crippen LogP contribution is -2.48. The van der Waals surface area contributed by atoms with Crippen LogP contribution in [0.4, 0.5) is 5.69 Å². The molecule has 0 unspecified atom stereocenters. The van der Waals surface area contributed by atoms with Gasteiger partial charge in [0, 0.05) is 44.9 Å². The molecule has 1 fully saturated rings. The number of amides is 1. The van der Waals surface area contributed by atoms with Crippen molar-refractivity contribution in [2.75, 3.05) is 38.2 Å². The number of aryl methyl sites for hydroxylation is 1. The second-order valence-corrected chi connectivity index (χ2v) is 4.65. The maximum Gasteiger partial charge on any atom is 0.219 e. The van der Waals surface area contributed by atoms with Crippen LogP contribution in [0, 0.1) is 6.92 Å². The van der Waals surface area contributed by atoms with E-state index >= 15 is 0 Å². The van der Waals surface area contributed by atoms with Gasteiger partial charge >= 0.3 is 0 Å². The second-order valence-electron chi connectivity index (χ2n) is 4.65. The minimum absolute atomic E-state index is 0.163. The van der Waals surface area contributed by atoms with Gasteiger partial charge in [-0.1, -0.05) is 6.07 Å². The van der Waals surface area contributed by atoms with Crippen LogP contribution in [0.5, 0.6) is 5.75 Å². The molecular weight excluding hydrogens is 228 g/mol. The molecule has 98 valence electrons. The van der Waals surface area contributed by atoms with Crippen molar-refractivity contribution in [1.29, 1.82) is 0 Å². The SMILES string of the molecule is COc1cc(N2CCN(C(C)=O)CC2)ccc1C. The molecule has 1 aliphatic heterocycles. The molecule has 1 amide bonds. The first-order valence-corrected chi connectivity index (χ1v) is 6.27. The van der Waals surface area contributed by atoms with Gasteiger partial charge in [0.25, 0.3) is 0 Å². The molecule has 0 atom stereocenters. The first-order chi connectivity index (χ1) is 8.61. The lowest BCUT2D eigenvalue weighted by Gasteiger charge is -2.35. The van der Waals surface area contributed by atoms with Crippen molar-refractivity contribution in [3.63, 3.8) is 0 Å². The molecule has 0 bridgehead atoms. The molecule has 0 spiro atoms. The highest BCUT2D eigenvalue weighted by Gasteiger charge is 2.19. The Bertz CT molecular complexity index is 437. The van der Waals surface area contributed by atoms with Gasteiger partial charge in [-0.2, -0.15) is 0 Å². The summed E-state index contributed by atoms with van der Waals surface area (Å²) in [5.41, 5.74) is 2.31. The number of piperazine rings is 1. The average Bonchev–Trinajstić information content (AvgIpc) is 2.39. The average molecular weight is 248 g/mol. The van der Waals surface area contributed by atoms with Gasteiger partial charge in [0.2, 0.25) is 5.91 Å². The number of benzene rings is 1. The molecule has 0 N–H and O–H groups in total. The second kappa shape index (κ2) is 5.29. The standard InChI is InChI=1S/C14H20N2O2/c1-11-4-5-13(10-14(11)18-3)16-8-6-15(7-9-16)12(2)17/h4-5,10H,6-9H2,1-3H3. The number of carbonyl (C=O) groups is 1. The van der Waals surface area contributed by atoms with Crippen LogP contribution in [-0.4, -0.2) is 44.1 Å². The predicted octanol–water partition coefficient (Wildman–Crippen LogP) is 1.67. The van der Waals surface area contributed by atoms with Crippen molar-refractivity contribution in [3.8, 4) is 5.75 Å². The van der Waals surface area contributed by atoms with E-state index < -0.39 is 0 Å². The largest absolute Gasteiger partial charge is 0.496 e. The summed E-state index contributed by atoms with van der Waals surface area (Å²) in [5, 5.41) is 0.